The molecule has 0 aliphatic carbocycles. The maximum absolute atomic E-state index is 12.9. The Kier molecular flexibility index (Phi) is 7.47. The Morgan fingerprint density at radius 3 is 2.44 bits per heavy atom. The van der Waals surface area contributed by atoms with Gasteiger partial charge in [-0.1, -0.05) is 17.3 Å². The Hall–Kier alpha value is -2.98. The number of rotatable bonds is 7. The van der Waals surface area contributed by atoms with Crippen molar-refractivity contribution in [2.45, 2.75) is 38.5 Å². The first kappa shape index (κ1) is 23.7. The molecule has 2 aromatic rings. The Bertz CT molecular complexity index is 1080. The number of esters is 1. The number of hydrogen-bond acceptors (Lipinski definition) is 7. The van der Waals surface area contributed by atoms with Crippen LogP contribution in [0.2, 0.25) is 0 Å². The van der Waals surface area contributed by atoms with Crippen molar-refractivity contribution < 1.29 is 27.3 Å². The third-order valence-corrected chi connectivity index (χ3v) is 7.41. The van der Waals surface area contributed by atoms with E-state index < -0.39 is 16.0 Å². The summed E-state index contributed by atoms with van der Waals surface area (Å²) in [5.74, 6) is -0.570. The molecular formula is C22H27N3O6S. The highest BCUT2D eigenvalue weighted by Gasteiger charge is 2.35. The van der Waals surface area contributed by atoms with Crippen LogP contribution in [0.25, 0.3) is 6.08 Å². The minimum absolute atomic E-state index is 0.109. The number of anilines is 1. The van der Waals surface area contributed by atoms with Crippen LogP contribution in [0.5, 0.6) is 0 Å². The van der Waals surface area contributed by atoms with E-state index in [1.165, 1.54) is 10.4 Å². The highest BCUT2D eigenvalue weighted by Crippen LogP contribution is 2.28. The van der Waals surface area contributed by atoms with Gasteiger partial charge in [0.15, 0.2) is 5.76 Å². The van der Waals surface area contributed by atoms with Gasteiger partial charge in [0, 0.05) is 30.8 Å². The number of nitrogens with zero attached hydrogens (tertiary/aromatic N) is 2. The van der Waals surface area contributed by atoms with Crippen LogP contribution >= 0.6 is 0 Å². The Morgan fingerprint density at radius 1 is 1.22 bits per heavy atom. The summed E-state index contributed by atoms with van der Waals surface area (Å²) in [4.78, 5) is 24.1. The van der Waals surface area contributed by atoms with Crippen molar-refractivity contribution in [1.29, 1.82) is 0 Å². The smallest absolute Gasteiger partial charge is 0.330 e. The van der Waals surface area contributed by atoms with E-state index in [0.717, 1.165) is 5.56 Å². The lowest BCUT2D eigenvalue weighted by Crippen LogP contribution is -2.41. The van der Waals surface area contributed by atoms with Crippen molar-refractivity contribution in [2.24, 2.45) is 5.92 Å². The number of carbonyl (C=O) groups excluding carboxylic acids is 2. The predicted octanol–water partition coefficient (Wildman–Crippen LogP) is 2.91. The molecule has 0 bridgehead atoms. The van der Waals surface area contributed by atoms with E-state index in [2.05, 4.69) is 10.5 Å². The van der Waals surface area contributed by atoms with Gasteiger partial charge in [-0.2, -0.15) is 4.31 Å². The van der Waals surface area contributed by atoms with Gasteiger partial charge in [-0.05, 0) is 57.4 Å². The summed E-state index contributed by atoms with van der Waals surface area (Å²) in [6.45, 7) is 5.74. The van der Waals surface area contributed by atoms with Gasteiger partial charge in [0.2, 0.25) is 15.9 Å². The maximum Gasteiger partial charge on any atom is 0.330 e. The molecule has 1 fully saturated rings. The van der Waals surface area contributed by atoms with Crippen LogP contribution in [0.3, 0.4) is 0 Å². The monoisotopic (exact) mass is 461 g/mol. The fraction of sp³-hybridized carbons (Fsp3) is 0.409. The number of aryl methyl sites for hydroxylation is 2. The number of benzene rings is 1. The van der Waals surface area contributed by atoms with Crippen LogP contribution < -0.4 is 5.32 Å². The van der Waals surface area contributed by atoms with Crippen LogP contribution in [0.15, 0.2) is 39.8 Å². The van der Waals surface area contributed by atoms with Gasteiger partial charge in [-0.25, -0.2) is 13.2 Å². The largest absolute Gasteiger partial charge is 0.463 e. The second-order valence-corrected chi connectivity index (χ2v) is 9.40. The average Bonchev–Trinajstić information content (AvgIpc) is 3.12. The summed E-state index contributed by atoms with van der Waals surface area (Å²) in [5.41, 5.74) is 1.77. The second-order valence-electron chi connectivity index (χ2n) is 7.53. The van der Waals surface area contributed by atoms with E-state index >= 15 is 0 Å². The van der Waals surface area contributed by atoms with E-state index in [4.69, 9.17) is 9.26 Å². The number of hydrogen-bond donors (Lipinski definition) is 1. The maximum atomic E-state index is 12.9. The number of nitrogens with one attached hydrogen (secondary N) is 1. The standard InChI is InChI=1S/C22H27N3O6S/c1-4-30-20(26)10-7-17-5-8-19(9-6-17)23-22(27)18-11-13-25(14-12-18)32(28,29)21-15(2)24-31-16(21)3/h5-10,18H,4,11-14H2,1-3H3,(H,23,27). The molecule has 1 aliphatic rings. The van der Waals surface area contributed by atoms with Crippen molar-refractivity contribution in [3.05, 3.63) is 47.4 Å². The zero-order valence-electron chi connectivity index (χ0n) is 18.3. The molecular weight excluding hydrogens is 434 g/mol. The molecule has 172 valence electrons. The SMILES string of the molecule is CCOC(=O)C=Cc1ccc(NC(=O)C2CCN(S(=O)(=O)c3c(C)noc3C)CC2)cc1. The van der Waals surface area contributed by atoms with Gasteiger partial charge in [-0.3, -0.25) is 4.79 Å². The zero-order chi connectivity index (χ0) is 23.3. The van der Waals surface area contributed by atoms with Crippen LogP contribution in [0.4, 0.5) is 5.69 Å². The lowest BCUT2D eigenvalue weighted by atomic mass is 9.97. The van der Waals surface area contributed by atoms with Gasteiger partial charge in [0.05, 0.1) is 6.61 Å². The molecule has 0 saturated carbocycles. The average molecular weight is 462 g/mol. The lowest BCUT2D eigenvalue weighted by Gasteiger charge is -2.30. The van der Waals surface area contributed by atoms with Crippen molar-refractivity contribution in [3.8, 4) is 0 Å². The first-order valence-electron chi connectivity index (χ1n) is 10.4. The first-order chi connectivity index (χ1) is 15.2. The number of aromatic nitrogens is 1. The fourth-order valence-electron chi connectivity index (χ4n) is 3.61. The quantitative estimate of drug-likeness (QED) is 0.497. The summed E-state index contributed by atoms with van der Waals surface area (Å²) < 4.78 is 37.0. The first-order valence-corrected chi connectivity index (χ1v) is 11.8. The van der Waals surface area contributed by atoms with Crippen LogP contribution in [0.1, 0.15) is 36.8 Å². The Labute approximate surface area is 187 Å². The highest BCUT2D eigenvalue weighted by molar-refractivity contribution is 7.89. The summed E-state index contributed by atoms with van der Waals surface area (Å²) in [6.07, 6.45) is 3.84. The van der Waals surface area contributed by atoms with Crippen molar-refractivity contribution >= 4 is 33.7 Å². The number of carbonyl (C=O) groups is 2. The highest BCUT2D eigenvalue weighted by atomic mass is 32.2. The van der Waals surface area contributed by atoms with Gasteiger partial charge in [-0.15, -0.1) is 0 Å². The van der Waals surface area contributed by atoms with Crippen LogP contribution in [0, 0.1) is 19.8 Å². The van der Waals surface area contributed by atoms with Gasteiger partial charge < -0.3 is 14.6 Å². The van der Waals surface area contributed by atoms with Gasteiger partial charge >= 0.3 is 5.97 Å². The molecule has 3 rings (SSSR count). The van der Waals surface area contributed by atoms with Crippen molar-refractivity contribution in [3.63, 3.8) is 0 Å². The van der Waals surface area contributed by atoms with Gasteiger partial charge in [0.25, 0.3) is 0 Å². The Morgan fingerprint density at radius 2 is 1.88 bits per heavy atom. The third-order valence-electron chi connectivity index (χ3n) is 5.27. The third kappa shape index (κ3) is 5.43. The summed E-state index contributed by atoms with van der Waals surface area (Å²) >= 11 is 0. The van der Waals surface area contributed by atoms with Crippen LogP contribution in [-0.2, 0) is 24.3 Å². The topological polar surface area (TPSA) is 119 Å². The summed E-state index contributed by atoms with van der Waals surface area (Å²) in [7, 11) is -3.70. The molecule has 0 spiro atoms. The molecule has 9 nitrogen and oxygen atoms in total. The molecule has 0 unspecified atom stereocenters. The molecule has 1 aromatic heterocycles. The van der Waals surface area contributed by atoms with E-state index in [9.17, 15) is 18.0 Å². The van der Waals surface area contributed by atoms with E-state index in [1.807, 2.05) is 0 Å². The molecule has 0 atom stereocenters. The number of sulfonamides is 1. The number of ether oxygens (including phenoxy) is 1. The molecule has 1 N–H and O–H groups in total. The summed E-state index contributed by atoms with van der Waals surface area (Å²) in [5, 5.41) is 6.61. The number of piperidine rings is 1. The van der Waals surface area contributed by atoms with E-state index in [-0.39, 0.29) is 35.6 Å². The fourth-order valence-corrected chi connectivity index (χ4v) is 5.37. The molecule has 1 saturated heterocycles. The molecule has 32 heavy (non-hydrogen) atoms. The molecule has 1 aromatic carbocycles. The van der Waals surface area contributed by atoms with Crippen molar-refractivity contribution in [2.75, 3.05) is 25.0 Å². The molecule has 10 heteroatoms. The van der Waals surface area contributed by atoms with Crippen molar-refractivity contribution in [1.82, 2.24) is 9.46 Å². The molecule has 0 radical (unpaired) electrons. The predicted molar refractivity (Wildman–Crippen MR) is 118 cm³/mol. The number of amides is 1. The second kappa shape index (κ2) is 10.1. The van der Waals surface area contributed by atoms with E-state index in [1.54, 1.807) is 51.1 Å². The van der Waals surface area contributed by atoms with Gasteiger partial charge in [0.1, 0.15) is 10.6 Å². The normalized spacial score (nSPS) is 15.7. The Balaban J connectivity index is 1.55. The summed E-state index contributed by atoms with van der Waals surface area (Å²) in [6, 6.07) is 7.06. The minimum atomic E-state index is -3.70. The van der Waals surface area contributed by atoms with Crippen LogP contribution in [-0.4, -0.2) is 49.5 Å². The minimum Gasteiger partial charge on any atom is -0.463 e. The zero-order valence-corrected chi connectivity index (χ0v) is 19.1. The van der Waals surface area contributed by atoms with E-state index in [0.29, 0.717) is 30.8 Å². The molecule has 2 heterocycles. The molecule has 1 aliphatic heterocycles. The lowest BCUT2D eigenvalue weighted by molar-refractivity contribution is -0.137. The molecule has 1 amide bonds.